The van der Waals surface area contributed by atoms with E-state index >= 15 is 0 Å². The van der Waals surface area contributed by atoms with Crippen LogP contribution in [0.1, 0.15) is 36.6 Å². The monoisotopic (exact) mass is 362 g/mol. The van der Waals surface area contributed by atoms with Crippen molar-refractivity contribution in [3.05, 3.63) is 72.1 Å². The Labute approximate surface area is 161 Å². The average Bonchev–Trinajstić information content (AvgIpc) is 2.66. The third-order valence-electron chi connectivity index (χ3n) is 5.25. The Morgan fingerprint density at radius 3 is 2.78 bits per heavy atom. The summed E-state index contributed by atoms with van der Waals surface area (Å²) in [7, 11) is 0. The lowest BCUT2D eigenvalue weighted by molar-refractivity contribution is 0.0305. The summed E-state index contributed by atoms with van der Waals surface area (Å²) in [4.78, 5) is 9.14. The molecule has 27 heavy (non-hydrogen) atoms. The van der Waals surface area contributed by atoms with Crippen molar-refractivity contribution in [2.24, 2.45) is 0 Å². The molecule has 3 atom stereocenters. The van der Waals surface area contributed by atoms with E-state index in [1.165, 1.54) is 0 Å². The van der Waals surface area contributed by atoms with Crippen LogP contribution in [0.4, 0.5) is 0 Å². The third-order valence-corrected chi connectivity index (χ3v) is 5.25. The number of nitriles is 1. The fourth-order valence-electron chi connectivity index (χ4n) is 3.94. The quantitative estimate of drug-likeness (QED) is 0.827. The first-order chi connectivity index (χ1) is 13.0. The first-order valence-electron chi connectivity index (χ1n) is 9.28. The highest BCUT2D eigenvalue weighted by Crippen LogP contribution is 2.34. The molecule has 0 unspecified atom stereocenters. The Kier molecular flexibility index (Phi) is 5.90. The zero-order valence-corrected chi connectivity index (χ0v) is 15.9. The van der Waals surface area contributed by atoms with Crippen molar-refractivity contribution in [1.82, 2.24) is 14.8 Å². The molecule has 1 aliphatic rings. The molecule has 0 amide bonds. The van der Waals surface area contributed by atoms with E-state index in [4.69, 9.17) is 0 Å². The van der Waals surface area contributed by atoms with Crippen LogP contribution in [0, 0.1) is 11.3 Å². The predicted octanol–water partition coefficient (Wildman–Crippen LogP) is 3.33. The number of hydrogen-bond donors (Lipinski definition) is 1. The SMILES string of the molecule is C=CCN1C[C@H](C)N([C@@H](c2cccc(O)c2)c2cncc(C#N)c2)C[C@H]1C. The summed E-state index contributed by atoms with van der Waals surface area (Å²) in [5.74, 6) is 0.243. The number of nitrogens with zero attached hydrogens (tertiary/aromatic N) is 4. The molecule has 0 bridgehead atoms. The van der Waals surface area contributed by atoms with E-state index in [9.17, 15) is 10.4 Å². The van der Waals surface area contributed by atoms with Gasteiger partial charge >= 0.3 is 0 Å². The van der Waals surface area contributed by atoms with Gasteiger partial charge in [-0.1, -0.05) is 18.2 Å². The van der Waals surface area contributed by atoms with Crippen LogP contribution in [0.5, 0.6) is 5.75 Å². The Morgan fingerprint density at radius 2 is 2.07 bits per heavy atom. The maximum atomic E-state index is 10.0. The minimum absolute atomic E-state index is 0.0683. The van der Waals surface area contributed by atoms with E-state index in [1.54, 1.807) is 18.3 Å². The summed E-state index contributed by atoms with van der Waals surface area (Å²) in [6.45, 7) is 11.0. The molecule has 1 aromatic carbocycles. The number of rotatable bonds is 5. The molecule has 5 nitrogen and oxygen atoms in total. The topological polar surface area (TPSA) is 63.4 Å². The summed E-state index contributed by atoms with van der Waals surface area (Å²) < 4.78 is 0. The number of hydrogen-bond acceptors (Lipinski definition) is 5. The third kappa shape index (κ3) is 4.19. The highest BCUT2D eigenvalue weighted by atomic mass is 16.3. The molecule has 140 valence electrons. The molecule has 1 aromatic heterocycles. The van der Waals surface area contributed by atoms with Crippen molar-refractivity contribution in [3.63, 3.8) is 0 Å². The van der Waals surface area contributed by atoms with Crippen molar-refractivity contribution in [1.29, 1.82) is 5.26 Å². The number of phenols is 1. The van der Waals surface area contributed by atoms with E-state index in [2.05, 4.69) is 41.3 Å². The lowest BCUT2D eigenvalue weighted by atomic mass is 9.93. The maximum Gasteiger partial charge on any atom is 0.115 e. The fraction of sp³-hybridized carbons (Fsp3) is 0.364. The highest BCUT2D eigenvalue weighted by Gasteiger charge is 2.34. The molecule has 2 aromatic rings. The van der Waals surface area contributed by atoms with Crippen molar-refractivity contribution < 1.29 is 5.11 Å². The molecule has 0 saturated carbocycles. The minimum atomic E-state index is -0.0683. The Balaban J connectivity index is 2.02. The van der Waals surface area contributed by atoms with E-state index in [1.807, 2.05) is 30.5 Å². The zero-order chi connectivity index (χ0) is 19.4. The summed E-state index contributed by atoms with van der Waals surface area (Å²) in [6, 6.07) is 12.1. The average molecular weight is 362 g/mol. The van der Waals surface area contributed by atoms with Gasteiger partial charge in [0.15, 0.2) is 0 Å². The number of pyridine rings is 1. The Morgan fingerprint density at radius 1 is 1.26 bits per heavy atom. The molecule has 1 fully saturated rings. The van der Waals surface area contributed by atoms with Gasteiger partial charge in [-0.15, -0.1) is 6.58 Å². The van der Waals surface area contributed by atoms with Gasteiger partial charge in [-0.25, -0.2) is 0 Å². The van der Waals surface area contributed by atoms with Crippen LogP contribution < -0.4 is 0 Å². The normalized spacial score (nSPS) is 22.1. The maximum absolute atomic E-state index is 10.0. The highest BCUT2D eigenvalue weighted by molar-refractivity contribution is 5.39. The number of piperazine rings is 1. The fourth-order valence-corrected chi connectivity index (χ4v) is 3.94. The number of benzene rings is 1. The van der Waals surface area contributed by atoms with Crippen molar-refractivity contribution in [3.8, 4) is 11.8 Å². The van der Waals surface area contributed by atoms with Gasteiger partial charge in [-0.2, -0.15) is 5.26 Å². The van der Waals surface area contributed by atoms with Crippen molar-refractivity contribution >= 4 is 0 Å². The largest absolute Gasteiger partial charge is 0.508 e. The van der Waals surface area contributed by atoms with Gasteiger partial charge in [-0.05, 0) is 43.2 Å². The first kappa shape index (κ1) is 19.1. The smallest absolute Gasteiger partial charge is 0.115 e. The van der Waals surface area contributed by atoms with Crippen molar-refractivity contribution in [2.75, 3.05) is 19.6 Å². The van der Waals surface area contributed by atoms with Crippen LogP contribution in [0.3, 0.4) is 0 Å². The van der Waals surface area contributed by atoms with Gasteiger partial charge < -0.3 is 5.11 Å². The van der Waals surface area contributed by atoms with Crippen LogP contribution in [0.15, 0.2) is 55.4 Å². The Bertz CT molecular complexity index is 844. The van der Waals surface area contributed by atoms with Crippen LogP contribution in [-0.4, -0.2) is 51.6 Å². The molecule has 0 spiro atoms. The molecule has 0 radical (unpaired) electrons. The van der Waals surface area contributed by atoms with E-state index in [0.717, 1.165) is 30.8 Å². The number of aromatic nitrogens is 1. The lowest BCUT2D eigenvalue weighted by Crippen LogP contribution is -2.57. The summed E-state index contributed by atoms with van der Waals surface area (Å²) in [5, 5.41) is 19.3. The predicted molar refractivity (Wildman–Crippen MR) is 106 cm³/mol. The van der Waals surface area contributed by atoms with Gasteiger partial charge in [0, 0.05) is 44.1 Å². The van der Waals surface area contributed by atoms with Crippen LogP contribution in [0.2, 0.25) is 0 Å². The standard InChI is InChI=1S/C22H26N4O/c1-4-8-25-14-17(3)26(15-16(25)2)22(19-6-5-7-21(27)10-19)20-9-18(11-23)12-24-13-20/h4-7,9-10,12-13,16-17,22,27H,1,8,14-15H2,2-3H3/t16-,17+,22+/m1/s1. The van der Waals surface area contributed by atoms with E-state index < -0.39 is 0 Å². The molecule has 3 rings (SSSR count). The van der Waals surface area contributed by atoms with Gasteiger partial charge in [0.1, 0.15) is 11.8 Å². The van der Waals surface area contributed by atoms with Crippen LogP contribution >= 0.6 is 0 Å². The number of phenolic OH excluding ortho intramolecular Hbond substituents is 1. The molecule has 1 saturated heterocycles. The summed E-state index contributed by atoms with van der Waals surface area (Å²) in [5.41, 5.74) is 2.52. The molecule has 0 aliphatic carbocycles. The second kappa shape index (κ2) is 8.34. The lowest BCUT2D eigenvalue weighted by Gasteiger charge is -2.47. The molecule has 1 N–H and O–H groups in total. The first-order valence-corrected chi connectivity index (χ1v) is 9.28. The second-order valence-electron chi connectivity index (χ2n) is 7.25. The van der Waals surface area contributed by atoms with Gasteiger partial charge in [-0.3, -0.25) is 14.8 Å². The zero-order valence-electron chi connectivity index (χ0n) is 15.9. The second-order valence-corrected chi connectivity index (χ2v) is 7.25. The molecule has 1 aliphatic heterocycles. The van der Waals surface area contributed by atoms with Crippen LogP contribution in [-0.2, 0) is 0 Å². The van der Waals surface area contributed by atoms with E-state index in [-0.39, 0.29) is 11.8 Å². The summed E-state index contributed by atoms with van der Waals surface area (Å²) >= 11 is 0. The molecule has 5 heteroatoms. The molecular formula is C22H26N4O. The Hall–Kier alpha value is -2.68. The van der Waals surface area contributed by atoms with Gasteiger partial charge in [0.2, 0.25) is 0 Å². The minimum Gasteiger partial charge on any atom is -0.508 e. The molecule has 2 heterocycles. The van der Waals surface area contributed by atoms with Gasteiger partial charge in [0.05, 0.1) is 11.6 Å². The van der Waals surface area contributed by atoms with Crippen LogP contribution in [0.25, 0.3) is 0 Å². The number of aromatic hydroxyl groups is 1. The van der Waals surface area contributed by atoms with Crippen molar-refractivity contribution in [2.45, 2.75) is 32.0 Å². The van der Waals surface area contributed by atoms with Gasteiger partial charge in [0.25, 0.3) is 0 Å². The van der Waals surface area contributed by atoms with E-state index in [0.29, 0.717) is 17.6 Å². The summed E-state index contributed by atoms with van der Waals surface area (Å²) in [6.07, 6.45) is 5.35. The molecular weight excluding hydrogens is 336 g/mol.